The molecule has 0 aromatic carbocycles. The molecule has 2 heterocycles. The van der Waals surface area contributed by atoms with Crippen LogP contribution in [0.25, 0.3) is 0 Å². The smallest absolute Gasteiger partial charge is 0.268 e. The number of sulfonamides is 1. The second-order valence-corrected chi connectivity index (χ2v) is 7.61. The first-order chi connectivity index (χ1) is 9.37. The Labute approximate surface area is 129 Å². The maximum atomic E-state index is 12.3. The summed E-state index contributed by atoms with van der Waals surface area (Å²) in [5.74, 6) is 0.391. The molecular weight excluding hydrogens is 366 g/mol. The number of thiazole rings is 1. The molecule has 0 saturated carbocycles. The highest BCUT2D eigenvalue weighted by atomic mass is 79.9. The average Bonchev–Trinajstić information content (AvgIpc) is 2.92. The Morgan fingerprint density at radius 1 is 1.55 bits per heavy atom. The minimum Gasteiger partial charge on any atom is -0.452 e. The summed E-state index contributed by atoms with van der Waals surface area (Å²) in [7, 11) is -3.74. The van der Waals surface area contributed by atoms with E-state index < -0.39 is 10.0 Å². The van der Waals surface area contributed by atoms with Gasteiger partial charge in [-0.15, -0.1) is 11.3 Å². The van der Waals surface area contributed by atoms with Crippen LogP contribution in [0.15, 0.2) is 20.0 Å². The fourth-order valence-corrected chi connectivity index (χ4v) is 4.79. The van der Waals surface area contributed by atoms with Crippen LogP contribution in [0.2, 0.25) is 0 Å². The first-order valence-electron chi connectivity index (χ1n) is 5.84. The number of hydrogen-bond donors (Lipinski definition) is 2. The summed E-state index contributed by atoms with van der Waals surface area (Å²) in [5, 5.41) is 0.349. The molecule has 0 saturated heterocycles. The number of hydrogen-bond acceptors (Lipinski definition) is 6. The number of aryl methyl sites for hydroxylation is 2. The van der Waals surface area contributed by atoms with E-state index >= 15 is 0 Å². The fraction of sp³-hybridized carbons (Fsp3) is 0.364. The van der Waals surface area contributed by atoms with Gasteiger partial charge in [-0.2, -0.15) is 0 Å². The van der Waals surface area contributed by atoms with Gasteiger partial charge in [-0.05, 0) is 29.3 Å². The molecule has 0 radical (unpaired) electrons. The minimum atomic E-state index is -3.74. The van der Waals surface area contributed by atoms with Crippen LogP contribution in [0.3, 0.4) is 0 Å². The van der Waals surface area contributed by atoms with E-state index in [1.807, 2.05) is 13.8 Å². The van der Waals surface area contributed by atoms with Gasteiger partial charge in [0, 0.05) is 10.9 Å². The molecule has 0 fully saturated rings. The molecule has 3 N–H and O–H groups in total. The molecular formula is C11H14BrN3O3S2. The van der Waals surface area contributed by atoms with Gasteiger partial charge in [0.2, 0.25) is 0 Å². The molecule has 20 heavy (non-hydrogen) atoms. The number of anilines is 1. The number of rotatable bonds is 5. The van der Waals surface area contributed by atoms with Gasteiger partial charge in [0.1, 0.15) is 10.7 Å². The van der Waals surface area contributed by atoms with E-state index in [0.29, 0.717) is 10.9 Å². The third kappa shape index (κ3) is 3.05. The fourth-order valence-electron chi connectivity index (χ4n) is 1.65. The molecule has 2 rings (SSSR count). The molecule has 6 nitrogen and oxygen atoms in total. The summed E-state index contributed by atoms with van der Waals surface area (Å²) < 4.78 is 32.4. The van der Waals surface area contributed by atoms with Crippen LogP contribution >= 0.6 is 27.3 Å². The highest BCUT2D eigenvalue weighted by Gasteiger charge is 2.23. The second kappa shape index (κ2) is 5.84. The van der Waals surface area contributed by atoms with Crippen molar-refractivity contribution < 1.29 is 12.8 Å². The monoisotopic (exact) mass is 379 g/mol. The van der Waals surface area contributed by atoms with E-state index in [9.17, 15) is 8.42 Å². The lowest BCUT2D eigenvalue weighted by molar-refractivity contribution is 0.484. The first kappa shape index (κ1) is 15.5. The van der Waals surface area contributed by atoms with E-state index in [4.69, 9.17) is 10.2 Å². The Hall–Kier alpha value is -0.900. The highest BCUT2D eigenvalue weighted by Crippen LogP contribution is 2.29. The van der Waals surface area contributed by atoms with Gasteiger partial charge in [-0.1, -0.05) is 6.92 Å². The van der Waals surface area contributed by atoms with Crippen molar-refractivity contribution in [3.63, 3.8) is 0 Å². The van der Waals surface area contributed by atoms with E-state index in [1.165, 1.54) is 17.4 Å². The van der Waals surface area contributed by atoms with Crippen LogP contribution in [0.1, 0.15) is 23.3 Å². The Bertz CT molecular complexity index is 721. The molecule has 0 atom stereocenters. The van der Waals surface area contributed by atoms with Gasteiger partial charge in [0.25, 0.3) is 10.0 Å². The third-order valence-electron chi connectivity index (χ3n) is 2.65. The molecule has 110 valence electrons. The van der Waals surface area contributed by atoms with Crippen molar-refractivity contribution in [2.24, 2.45) is 5.73 Å². The van der Waals surface area contributed by atoms with Gasteiger partial charge < -0.3 is 10.2 Å². The Morgan fingerprint density at radius 2 is 2.25 bits per heavy atom. The van der Waals surface area contributed by atoms with Crippen LogP contribution in [-0.4, -0.2) is 13.4 Å². The molecule has 2 aromatic rings. The Kier molecular flexibility index (Phi) is 4.52. The zero-order valence-electron chi connectivity index (χ0n) is 10.9. The zero-order chi connectivity index (χ0) is 14.9. The predicted molar refractivity (Wildman–Crippen MR) is 81.3 cm³/mol. The van der Waals surface area contributed by atoms with Gasteiger partial charge in [-0.3, -0.25) is 4.72 Å². The van der Waals surface area contributed by atoms with Gasteiger partial charge >= 0.3 is 0 Å². The largest absolute Gasteiger partial charge is 0.452 e. The van der Waals surface area contributed by atoms with Crippen molar-refractivity contribution in [3.8, 4) is 0 Å². The quantitative estimate of drug-likeness (QED) is 0.831. The van der Waals surface area contributed by atoms with E-state index in [1.54, 1.807) is 0 Å². The minimum absolute atomic E-state index is 0.0175. The van der Waals surface area contributed by atoms with Crippen molar-refractivity contribution in [1.82, 2.24) is 4.98 Å². The topological polar surface area (TPSA) is 98.2 Å². The van der Waals surface area contributed by atoms with E-state index in [0.717, 1.165) is 17.0 Å². The Morgan fingerprint density at radius 3 is 2.75 bits per heavy atom. The summed E-state index contributed by atoms with van der Waals surface area (Å²) in [6.07, 6.45) is 0.761. The number of aromatic nitrogens is 1. The maximum Gasteiger partial charge on any atom is 0.268 e. The lowest BCUT2D eigenvalue weighted by atomic mass is 10.3. The number of nitrogens with one attached hydrogen (secondary N) is 1. The van der Waals surface area contributed by atoms with Gasteiger partial charge in [0.05, 0.1) is 12.2 Å². The van der Waals surface area contributed by atoms with Crippen LogP contribution < -0.4 is 10.5 Å². The molecule has 2 aromatic heterocycles. The maximum absolute atomic E-state index is 12.3. The van der Waals surface area contributed by atoms with Crippen LogP contribution in [0, 0.1) is 6.92 Å². The van der Waals surface area contributed by atoms with E-state index in [2.05, 4.69) is 25.6 Å². The van der Waals surface area contributed by atoms with Gasteiger partial charge in [0.15, 0.2) is 9.80 Å². The highest BCUT2D eigenvalue weighted by molar-refractivity contribution is 9.10. The summed E-state index contributed by atoms with van der Waals surface area (Å²) in [6, 6.07) is 1.40. The normalized spacial score (nSPS) is 11.8. The van der Waals surface area contributed by atoms with Gasteiger partial charge in [-0.25, -0.2) is 13.4 Å². The zero-order valence-corrected chi connectivity index (χ0v) is 14.2. The number of nitrogens with two attached hydrogens (primary N) is 1. The molecule has 0 spiro atoms. The average molecular weight is 380 g/mol. The van der Waals surface area contributed by atoms with Crippen molar-refractivity contribution in [2.75, 3.05) is 4.72 Å². The molecule has 0 aliphatic carbocycles. The van der Waals surface area contributed by atoms with Crippen molar-refractivity contribution in [3.05, 3.63) is 27.1 Å². The molecule has 9 heteroatoms. The van der Waals surface area contributed by atoms with Crippen LogP contribution in [-0.2, 0) is 23.0 Å². The SMILES string of the molecule is CCc1nc(NS(=O)(=O)c2cc(CN)oc2Br)sc1C. The van der Waals surface area contributed by atoms with Crippen LogP contribution in [0.5, 0.6) is 0 Å². The second-order valence-electron chi connectivity index (χ2n) is 4.04. The van der Waals surface area contributed by atoms with Crippen molar-refractivity contribution in [1.29, 1.82) is 0 Å². The first-order valence-corrected chi connectivity index (χ1v) is 8.94. The molecule has 0 aliphatic heterocycles. The summed E-state index contributed by atoms with van der Waals surface area (Å²) in [5.41, 5.74) is 6.32. The van der Waals surface area contributed by atoms with Crippen LogP contribution in [0.4, 0.5) is 5.13 Å². The molecule has 0 aliphatic rings. The lowest BCUT2D eigenvalue weighted by Crippen LogP contribution is -2.12. The molecule has 0 unspecified atom stereocenters. The summed E-state index contributed by atoms with van der Waals surface area (Å²) in [4.78, 5) is 5.27. The van der Waals surface area contributed by atoms with E-state index in [-0.39, 0.29) is 16.1 Å². The number of halogens is 1. The summed E-state index contributed by atoms with van der Waals surface area (Å²) >= 11 is 4.39. The third-order valence-corrected chi connectivity index (χ3v) is 5.90. The number of furan rings is 1. The molecule has 0 bridgehead atoms. The standard InChI is InChI=1S/C11H14BrN3O3S2/c1-3-8-6(2)19-11(14-8)15-20(16,17)9-4-7(5-13)18-10(9)12/h4H,3,5,13H2,1-2H3,(H,14,15). The predicted octanol–water partition coefficient (Wildman–Crippen LogP) is 2.63. The Balaban J connectivity index is 2.32. The van der Waals surface area contributed by atoms with Crippen molar-refractivity contribution in [2.45, 2.75) is 31.7 Å². The number of nitrogens with zero attached hydrogens (tertiary/aromatic N) is 1. The summed E-state index contributed by atoms with van der Waals surface area (Å²) in [6.45, 7) is 4.01. The lowest BCUT2D eigenvalue weighted by Gasteiger charge is -2.02. The van der Waals surface area contributed by atoms with Crippen molar-refractivity contribution >= 4 is 42.4 Å². The molecule has 0 amide bonds.